The zero-order valence-corrected chi connectivity index (χ0v) is 10.7. The Morgan fingerprint density at radius 2 is 2.47 bits per heavy atom. The van der Waals surface area contributed by atoms with Crippen LogP contribution in [0, 0.1) is 17.2 Å². The molecule has 84 valence electrons. The molecule has 3 nitrogen and oxygen atoms in total. The molecule has 1 rings (SSSR count). The number of hydrogen-bond donors (Lipinski definition) is 1. The molecule has 0 fully saturated rings. The van der Waals surface area contributed by atoms with Gasteiger partial charge in [-0.15, -0.1) is 0 Å². The van der Waals surface area contributed by atoms with Gasteiger partial charge in [-0.3, -0.25) is 5.43 Å². The fraction of sp³-hybridized carbons (Fsp3) is 0.800. The quantitative estimate of drug-likeness (QED) is 0.729. The molecule has 1 atom stereocenters. The maximum absolute atomic E-state index is 8.60. The first-order valence-electron chi connectivity index (χ1n) is 5.28. The van der Waals surface area contributed by atoms with Gasteiger partial charge in [0, 0.05) is 11.7 Å². The van der Waals surface area contributed by atoms with Gasteiger partial charge in [0.25, 0.3) is 0 Å². The minimum absolute atomic E-state index is 0.219. The Hall–Kier alpha value is -0.340. The van der Waals surface area contributed by atoms with Crippen molar-refractivity contribution in [3.63, 3.8) is 0 Å². The van der Waals surface area contributed by atoms with Crippen molar-refractivity contribution in [3.8, 4) is 6.07 Å². The molecule has 0 amide bonds. The molecule has 1 heterocycles. The fourth-order valence-corrected chi connectivity index (χ4v) is 3.04. The first kappa shape index (κ1) is 12.7. The molecule has 0 aliphatic carbocycles. The van der Waals surface area contributed by atoms with E-state index in [1.165, 1.54) is 23.6 Å². The van der Waals surface area contributed by atoms with Crippen molar-refractivity contribution in [1.29, 1.82) is 5.26 Å². The smallest absolute Gasteiger partial charge is 0.151 e. The summed E-state index contributed by atoms with van der Waals surface area (Å²) in [4.78, 5) is 0. The molecule has 1 unspecified atom stereocenters. The van der Waals surface area contributed by atoms with Crippen LogP contribution in [-0.4, -0.2) is 16.0 Å². The highest BCUT2D eigenvalue weighted by Crippen LogP contribution is 2.21. The van der Waals surface area contributed by atoms with E-state index in [1.54, 1.807) is 11.8 Å². The highest BCUT2D eigenvalue weighted by molar-refractivity contribution is 8.39. The number of hydrazone groups is 1. The van der Waals surface area contributed by atoms with E-state index in [9.17, 15) is 0 Å². The molecule has 0 saturated heterocycles. The van der Waals surface area contributed by atoms with E-state index < -0.39 is 0 Å². The van der Waals surface area contributed by atoms with E-state index in [0.717, 1.165) is 18.1 Å². The highest BCUT2D eigenvalue weighted by Gasteiger charge is 2.06. The van der Waals surface area contributed by atoms with Gasteiger partial charge in [-0.25, -0.2) is 0 Å². The van der Waals surface area contributed by atoms with E-state index >= 15 is 0 Å². The SMILES string of the molecule is CC(C#N)CCCCCSC1=NNCS1. The largest absolute Gasteiger partial charge is 0.298 e. The van der Waals surface area contributed by atoms with Gasteiger partial charge in [-0.1, -0.05) is 36.4 Å². The van der Waals surface area contributed by atoms with E-state index in [-0.39, 0.29) is 5.92 Å². The molecule has 0 radical (unpaired) electrons. The molecule has 0 aromatic rings. The van der Waals surface area contributed by atoms with Gasteiger partial charge < -0.3 is 0 Å². The third-order valence-electron chi connectivity index (χ3n) is 2.16. The molecule has 0 aromatic carbocycles. The lowest BCUT2D eigenvalue weighted by atomic mass is 10.1. The van der Waals surface area contributed by atoms with Crippen molar-refractivity contribution in [2.45, 2.75) is 32.6 Å². The molecule has 0 bridgehead atoms. The van der Waals surface area contributed by atoms with Gasteiger partial charge >= 0.3 is 0 Å². The van der Waals surface area contributed by atoms with Crippen LogP contribution in [0.3, 0.4) is 0 Å². The fourth-order valence-electron chi connectivity index (χ4n) is 1.25. The highest BCUT2D eigenvalue weighted by atomic mass is 32.2. The van der Waals surface area contributed by atoms with Crippen LogP contribution in [0.2, 0.25) is 0 Å². The van der Waals surface area contributed by atoms with Crippen LogP contribution < -0.4 is 5.43 Å². The Morgan fingerprint density at radius 3 is 3.13 bits per heavy atom. The van der Waals surface area contributed by atoms with E-state index in [0.29, 0.717) is 0 Å². The average molecular weight is 243 g/mol. The zero-order valence-electron chi connectivity index (χ0n) is 9.03. The lowest BCUT2D eigenvalue weighted by Gasteiger charge is -2.02. The van der Waals surface area contributed by atoms with Gasteiger partial charge in [0.2, 0.25) is 0 Å². The summed E-state index contributed by atoms with van der Waals surface area (Å²) >= 11 is 3.61. The predicted molar refractivity (Wildman–Crippen MR) is 68.7 cm³/mol. The minimum atomic E-state index is 0.219. The number of nitrogens with zero attached hydrogens (tertiary/aromatic N) is 2. The van der Waals surface area contributed by atoms with Gasteiger partial charge in [0.05, 0.1) is 11.9 Å². The normalized spacial score (nSPS) is 16.7. The second-order valence-electron chi connectivity index (χ2n) is 3.55. The summed E-state index contributed by atoms with van der Waals surface area (Å²) in [6, 6.07) is 2.26. The molecular weight excluding hydrogens is 226 g/mol. The Balaban J connectivity index is 1.87. The standard InChI is InChI=1S/C10H17N3S2/c1-9(7-11)5-3-2-4-6-14-10-13-12-8-15-10/h9,12H,2-6,8H2,1H3. The maximum Gasteiger partial charge on any atom is 0.151 e. The first-order chi connectivity index (χ1) is 7.33. The number of thioether (sulfide) groups is 2. The predicted octanol–water partition coefficient (Wildman–Crippen LogP) is 3.00. The molecule has 5 heteroatoms. The Kier molecular flexibility index (Phi) is 6.69. The van der Waals surface area contributed by atoms with Crippen LogP contribution >= 0.6 is 23.5 Å². The number of hydrogen-bond acceptors (Lipinski definition) is 5. The van der Waals surface area contributed by atoms with E-state index in [4.69, 9.17) is 5.26 Å². The number of nitriles is 1. The summed E-state index contributed by atoms with van der Waals surface area (Å²) in [5.74, 6) is 2.29. The van der Waals surface area contributed by atoms with E-state index in [1.807, 2.05) is 18.7 Å². The number of unbranched alkanes of at least 4 members (excludes halogenated alkanes) is 2. The topological polar surface area (TPSA) is 48.2 Å². The van der Waals surface area contributed by atoms with Crippen LogP contribution in [0.4, 0.5) is 0 Å². The van der Waals surface area contributed by atoms with Crippen molar-refractivity contribution < 1.29 is 0 Å². The third-order valence-corrected chi connectivity index (χ3v) is 4.31. The molecule has 0 saturated carbocycles. The third kappa shape index (κ3) is 5.95. The Morgan fingerprint density at radius 1 is 1.60 bits per heavy atom. The summed E-state index contributed by atoms with van der Waals surface area (Å²) in [6.45, 7) is 1.99. The van der Waals surface area contributed by atoms with Crippen molar-refractivity contribution in [2.75, 3.05) is 11.6 Å². The molecular formula is C10H17N3S2. The molecule has 1 aliphatic rings. The van der Waals surface area contributed by atoms with Gasteiger partial charge in [0.1, 0.15) is 0 Å². The van der Waals surface area contributed by atoms with Gasteiger partial charge in [0.15, 0.2) is 4.38 Å². The van der Waals surface area contributed by atoms with E-state index in [2.05, 4.69) is 16.6 Å². The molecule has 1 N–H and O–H groups in total. The monoisotopic (exact) mass is 243 g/mol. The summed E-state index contributed by atoms with van der Waals surface area (Å²) < 4.78 is 1.17. The molecule has 0 spiro atoms. The van der Waals surface area contributed by atoms with Crippen LogP contribution in [0.5, 0.6) is 0 Å². The summed E-state index contributed by atoms with van der Waals surface area (Å²) in [5.41, 5.74) is 2.94. The zero-order chi connectivity index (χ0) is 10.9. The molecule has 15 heavy (non-hydrogen) atoms. The van der Waals surface area contributed by atoms with Gasteiger partial charge in [-0.2, -0.15) is 10.4 Å². The average Bonchev–Trinajstić information content (AvgIpc) is 2.75. The van der Waals surface area contributed by atoms with Crippen LogP contribution in [0.1, 0.15) is 32.6 Å². The van der Waals surface area contributed by atoms with Crippen LogP contribution in [-0.2, 0) is 0 Å². The Bertz CT molecular complexity index is 248. The van der Waals surface area contributed by atoms with Gasteiger partial charge in [-0.05, 0) is 19.8 Å². The second kappa shape index (κ2) is 7.89. The summed E-state index contributed by atoms with van der Waals surface area (Å²) in [6.07, 6.45) is 4.67. The van der Waals surface area contributed by atoms with Crippen molar-refractivity contribution in [2.24, 2.45) is 11.0 Å². The minimum Gasteiger partial charge on any atom is -0.298 e. The van der Waals surface area contributed by atoms with Crippen molar-refractivity contribution in [3.05, 3.63) is 0 Å². The number of rotatable bonds is 6. The molecule has 1 aliphatic heterocycles. The number of nitrogens with one attached hydrogen (secondary N) is 1. The lowest BCUT2D eigenvalue weighted by molar-refractivity contribution is 0.586. The first-order valence-corrected chi connectivity index (χ1v) is 7.26. The van der Waals surface area contributed by atoms with Crippen LogP contribution in [0.25, 0.3) is 0 Å². The summed E-state index contributed by atoms with van der Waals surface area (Å²) in [5, 5.41) is 12.7. The Labute approximate surface area is 100 Å². The second-order valence-corrected chi connectivity index (χ2v) is 5.86. The lowest BCUT2D eigenvalue weighted by Crippen LogP contribution is -1.93. The summed E-state index contributed by atoms with van der Waals surface area (Å²) in [7, 11) is 0. The van der Waals surface area contributed by atoms with Crippen molar-refractivity contribution in [1.82, 2.24) is 5.43 Å². The molecule has 0 aromatic heterocycles. The van der Waals surface area contributed by atoms with Crippen molar-refractivity contribution >= 4 is 27.9 Å². The maximum atomic E-state index is 8.60. The van der Waals surface area contributed by atoms with Crippen LogP contribution in [0.15, 0.2) is 5.10 Å².